The molecule has 1 heterocycles. The van der Waals surface area contributed by atoms with Gasteiger partial charge in [-0.3, -0.25) is 0 Å². The Morgan fingerprint density at radius 1 is 0.939 bits per heavy atom. The number of anilines is 1. The number of rotatable bonds is 11. The first-order chi connectivity index (χ1) is 15.8. The van der Waals surface area contributed by atoms with Crippen molar-refractivity contribution in [3.8, 4) is 6.07 Å². The van der Waals surface area contributed by atoms with Crippen molar-refractivity contribution in [3.63, 3.8) is 0 Å². The highest BCUT2D eigenvalue weighted by Gasteiger charge is 2.11. The molecule has 1 aromatic heterocycles. The number of pyridine rings is 1. The van der Waals surface area contributed by atoms with Gasteiger partial charge in [-0.1, -0.05) is 13.2 Å². The molecule has 0 saturated carbocycles. The molecule has 0 spiro atoms. The average Bonchev–Trinajstić information content (AvgIpc) is 2.82. The summed E-state index contributed by atoms with van der Waals surface area (Å²) >= 11 is 0. The minimum atomic E-state index is -0.461. The average molecular weight is 447 g/mol. The number of azo groups is 1. The Balaban J connectivity index is 2.05. The lowest BCUT2D eigenvalue weighted by molar-refractivity contribution is -0.139. The molecule has 1 aromatic carbocycles. The SMILES string of the molecule is C=C(C)C(=O)OCCN(CCOC(=O)C(=C)C)c1ccc(N=Nc2ccc(C#N)nc2)cc1. The number of hydrogen-bond donors (Lipinski definition) is 0. The number of aromatic nitrogens is 1. The summed E-state index contributed by atoms with van der Waals surface area (Å²) in [6.07, 6.45) is 1.47. The van der Waals surface area contributed by atoms with E-state index in [1.165, 1.54) is 6.20 Å². The Bertz CT molecular complexity index is 1040. The second-order valence-corrected chi connectivity index (χ2v) is 7.05. The molecular weight excluding hydrogens is 422 g/mol. The van der Waals surface area contributed by atoms with Crippen LogP contribution in [-0.4, -0.2) is 43.2 Å². The predicted octanol–water partition coefficient (Wildman–Crippen LogP) is 4.41. The molecule has 2 aromatic rings. The summed E-state index contributed by atoms with van der Waals surface area (Å²) in [5.41, 5.74) is 2.92. The van der Waals surface area contributed by atoms with Gasteiger partial charge in [0.25, 0.3) is 0 Å². The van der Waals surface area contributed by atoms with E-state index in [2.05, 4.69) is 28.4 Å². The van der Waals surface area contributed by atoms with Crippen molar-refractivity contribution in [2.75, 3.05) is 31.2 Å². The minimum Gasteiger partial charge on any atom is -0.460 e. The fourth-order valence-electron chi connectivity index (χ4n) is 2.47. The van der Waals surface area contributed by atoms with Gasteiger partial charge in [0.15, 0.2) is 0 Å². The first-order valence-electron chi connectivity index (χ1n) is 10.1. The third-order valence-electron chi connectivity index (χ3n) is 4.24. The minimum absolute atomic E-state index is 0.146. The van der Waals surface area contributed by atoms with Crippen molar-refractivity contribution >= 4 is 29.0 Å². The van der Waals surface area contributed by atoms with Gasteiger partial charge in [0, 0.05) is 16.8 Å². The molecule has 33 heavy (non-hydrogen) atoms. The van der Waals surface area contributed by atoms with Crippen molar-refractivity contribution in [1.29, 1.82) is 5.26 Å². The second-order valence-electron chi connectivity index (χ2n) is 7.05. The maximum Gasteiger partial charge on any atom is 0.333 e. The zero-order valence-electron chi connectivity index (χ0n) is 18.7. The van der Waals surface area contributed by atoms with Gasteiger partial charge in [0.2, 0.25) is 0 Å². The summed E-state index contributed by atoms with van der Waals surface area (Å²) in [5.74, 6) is -0.923. The highest BCUT2D eigenvalue weighted by Crippen LogP contribution is 2.22. The monoisotopic (exact) mass is 447 g/mol. The molecule has 0 saturated heterocycles. The van der Waals surface area contributed by atoms with Gasteiger partial charge in [-0.2, -0.15) is 10.4 Å². The summed E-state index contributed by atoms with van der Waals surface area (Å²) in [5, 5.41) is 17.1. The zero-order valence-corrected chi connectivity index (χ0v) is 18.7. The summed E-state index contributed by atoms with van der Waals surface area (Å²) in [7, 11) is 0. The van der Waals surface area contributed by atoms with Crippen LogP contribution in [-0.2, 0) is 19.1 Å². The number of esters is 2. The standard InChI is InChI=1S/C24H25N5O4/c1-17(2)23(30)32-13-11-29(12-14-33-24(31)18(3)4)22-9-7-19(8-10-22)27-28-21-6-5-20(15-25)26-16-21/h5-10,16H,1,3,11-14H2,2,4H3. The second kappa shape index (κ2) is 12.5. The van der Waals surface area contributed by atoms with E-state index >= 15 is 0 Å². The highest BCUT2D eigenvalue weighted by atomic mass is 16.5. The van der Waals surface area contributed by atoms with E-state index in [0.717, 1.165) is 5.69 Å². The number of hydrogen-bond acceptors (Lipinski definition) is 9. The maximum absolute atomic E-state index is 11.6. The first-order valence-corrected chi connectivity index (χ1v) is 10.1. The molecule has 0 amide bonds. The molecule has 0 bridgehead atoms. The largest absolute Gasteiger partial charge is 0.460 e. The van der Waals surface area contributed by atoms with E-state index in [0.29, 0.717) is 41.3 Å². The van der Waals surface area contributed by atoms with E-state index in [1.807, 2.05) is 23.1 Å². The Kier molecular flexibility index (Phi) is 9.46. The number of ether oxygens (including phenoxy) is 2. The zero-order chi connectivity index (χ0) is 24.2. The van der Waals surface area contributed by atoms with Crippen LogP contribution in [0.2, 0.25) is 0 Å². The van der Waals surface area contributed by atoms with Crippen LogP contribution in [0.1, 0.15) is 19.5 Å². The molecule has 0 aliphatic heterocycles. The van der Waals surface area contributed by atoms with Crippen LogP contribution in [0, 0.1) is 11.3 Å². The number of benzene rings is 1. The Labute approximate surface area is 192 Å². The number of carbonyl (C=O) groups is 2. The lowest BCUT2D eigenvalue weighted by Gasteiger charge is -2.24. The van der Waals surface area contributed by atoms with Gasteiger partial charge >= 0.3 is 11.9 Å². The van der Waals surface area contributed by atoms with Crippen molar-refractivity contribution in [2.45, 2.75) is 13.8 Å². The normalized spacial score (nSPS) is 10.3. The first kappa shape index (κ1) is 24.9. The fourth-order valence-corrected chi connectivity index (χ4v) is 2.47. The maximum atomic E-state index is 11.6. The van der Waals surface area contributed by atoms with Crippen LogP contribution in [0.4, 0.5) is 17.1 Å². The number of nitrogens with zero attached hydrogens (tertiary/aromatic N) is 5. The van der Waals surface area contributed by atoms with Crippen molar-refractivity contribution in [1.82, 2.24) is 4.98 Å². The molecule has 9 heteroatoms. The van der Waals surface area contributed by atoms with Crippen LogP contribution < -0.4 is 4.90 Å². The van der Waals surface area contributed by atoms with E-state index in [-0.39, 0.29) is 13.2 Å². The van der Waals surface area contributed by atoms with E-state index in [9.17, 15) is 9.59 Å². The van der Waals surface area contributed by atoms with Crippen molar-refractivity contribution in [3.05, 3.63) is 72.6 Å². The van der Waals surface area contributed by atoms with Gasteiger partial charge in [0.1, 0.15) is 30.7 Å². The smallest absolute Gasteiger partial charge is 0.333 e. The van der Waals surface area contributed by atoms with Crippen LogP contribution in [0.15, 0.2) is 77.1 Å². The van der Waals surface area contributed by atoms with Gasteiger partial charge in [0.05, 0.1) is 25.0 Å². The Morgan fingerprint density at radius 2 is 1.45 bits per heavy atom. The summed E-state index contributed by atoms with van der Waals surface area (Å²) in [6, 6.07) is 12.4. The van der Waals surface area contributed by atoms with E-state index < -0.39 is 11.9 Å². The van der Waals surface area contributed by atoms with Gasteiger partial charge in [-0.05, 0) is 50.2 Å². The molecule has 0 aliphatic carbocycles. The molecule has 0 unspecified atom stereocenters. The summed E-state index contributed by atoms with van der Waals surface area (Å²) in [4.78, 5) is 29.2. The topological polar surface area (TPSA) is 117 Å². The van der Waals surface area contributed by atoms with Gasteiger partial charge in [-0.25, -0.2) is 14.6 Å². The Morgan fingerprint density at radius 3 is 1.91 bits per heavy atom. The van der Waals surface area contributed by atoms with Crippen LogP contribution >= 0.6 is 0 Å². The van der Waals surface area contributed by atoms with Crippen molar-refractivity contribution < 1.29 is 19.1 Å². The van der Waals surface area contributed by atoms with Crippen molar-refractivity contribution in [2.24, 2.45) is 10.2 Å². The van der Waals surface area contributed by atoms with Gasteiger partial charge in [-0.15, -0.1) is 5.11 Å². The molecule has 0 fully saturated rings. The molecule has 170 valence electrons. The van der Waals surface area contributed by atoms with Gasteiger partial charge < -0.3 is 14.4 Å². The fraction of sp³-hybridized carbons (Fsp3) is 0.250. The molecule has 0 aliphatic rings. The number of nitriles is 1. The third kappa shape index (κ3) is 8.38. The van der Waals surface area contributed by atoms with E-state index in [4.69, 9.17) is 14.7 Å². The molecule has 0 radical (unpaired) electrons. The molecule has 0 atom stereocenters. The summed E-state index contributed by atoms with van der Waals surface area (Å²) in [6.45, 7) is 11.4. The number of carbonyl (C=O) groups excluding carboxylic acids is 2. The Hall–Kier alpha value is -4.32. The predicted molar refractivity (Wildman–Crippen MR) is 123 cm³/mol. The lowest BCUT2D eigenvalue weighted by Crippen LogP contribution is -2.32. The lowest BCUT2D eigenvalue weighted by atomic mass is 10.2. The van der Waals surface area contributed by atoms with Crippen LogP contribution in [0.5, 0.6) is 0 Å². The van der Waals surface area contributed by atoms with Crippen LogP contribution in [0.3, 0.4) is 0 Å². The van der Waals surface area contributed by atoms with Crippen LogP contribution in [0.25, 0.3) is 0 Å². The molecule has 9 nitrogen and oxygen atoms in total. The summed E-state index contributed by atoms with van der Waals surface area (Å²) < 4.78 is 10.4. The quantitative estimate of drug-likeness (QED) is 0.284. The van der Waals surface area contributed by atoms with E-state index in [1.54, 1.807) is 38.1 Å². The highest BCUT2D eigenvalue weighted by molar-refractivity contribution is 5.87. The third-order valence-corrected chi connectivity index (χ3v) is 4.24. The molecular formula is C24H25N5O4. The molecule has 0 N–H and O–H groups in total. The molecule has 2 rings (SSSR count).